The van der Waals surface area contributed by atoms with Gasteiger partial charge >= 0.3 is 0 Å². The summed E-state index contributed by atoms with van der Waals surface area (Å²) in [5, 5.41) is 10.9. The molecular weight excluding hydrogens is 361 g/mol. The number of halogens is 1. The summed E-state index contributed by atoms with van der Waals surface area (Å²) < 4.78 is 53.5. The van der Waals surface area contributed by atoms with E-state index in [4.69, 9.17) is 4.74 Å². The van der Waals surface area contributed by atoms with Crippen molar-refractivity contribution in [3.8, 4) is 5.75 Å². The third kappa shape index (κ3) is 3.10. The third-order valence-electron chi connectivity index (χ3n) is 5.05. The van der Waals surface area contributed by atoms with Crippen molar-refractivity contribution in [3.63, 3.8) is 0 Å². The highest BCUT2D eigenvalue weighted by Gasteiger charge is 2.38. The lowest BCUT2D eigenvalue weighted by atomic mass is 9.99. The Hall–Kier alpha value is -1.64. The van der Waals surface area contributed by atoms with Gasteiger partial charge in [0, 0.05) is 22.2 Å². The van der Waals surface area contributed by atoms with E-state index in [1.165, 1.54) is 19.9 Å². The quantitative estimate of drug-likeness (QED) is 0.745. The molecule has 0 amide bonds. The Morgan fingerprint density at radius 2 is 2.04 bits per heavy atom. The number of nitrogens with zero attached hydrogens (tertiary/aromatic N) is 1. The summed E-state index contributed by atoms with van der Waals surface area (Å²) in [5.74, 6) is 0.725. The number of ether oxygens (including phenoxy) is 1. The molecule has 1 fully saturated rings. The maximum atomic E-state index is 14.3. The van der Waals surface area contributed by atoms with Crippen molar-refractivity contribution in [1.82, 2.24) is 4.90 Å². The number of benzene rings is 1. The first-order chi connectivity index (χ1) is 12.0. The van der Waals surface area contributed by atoms with Crippen molar-refractivity contribution >= 4 is 22.4 Å². The topological polar surface area (TPSA) is 87.1 Å². The molecule has 2 heterocycles. The standard InChI is InChI=1S/C18H22FNO5S/c1-18(2,19)9-20-7-13-11(5-14(20)10-3-4-10)16(26(22,23)24)6-12-15(21)8-25-17(12)13/h5-7,10,14-15,21H,3-4,8-9H2,1-2H3,(H,22,23,24). The normalized spacial score (nSPS) is 25.0. The predicted octanol–water partition coefficient (Wildman–Crippen LogP) is 0.720. The first-order valence-corrected chi connectivity index (χ1v) is 10.1. The lowest BCUT2D eigenvalue weighted by Gasteiger charge is -2.34. The van der Waals surface area contributed by atoms with Gasteiger partial charge in [-0.2, -0.15) is 8.42 Å². The molecule has 1 aliphatic carbocycles. The number of alkyl halides is 1. The molecule has 0 saturated heterocycles. The largest absolute Gasteiger partial charge is 0.489 e. The molecule has 0 spiro atoms. The van der Waals surface area contributed by atoms with E-state index in [0.717, 1.165) is 12.8 Å². The van der Waals surface area contributed by atoms with Gasteiger partial charge in [0.2, 0.25) is 0 Å². The fourth-order valence-electron chi connectivity index (χ4n) is 3.82. The van der Waals surface area contributed by atoms with Crippen LogP contribution in [0.15, 0.2) is 11.0 Å². The van der Waals surface area contributed by atoms with Gasteiger partial charge in [-0.05, 0) is 38.7 Å². The van der Waals surface area contributed by atoms with Crippen molar-refractivity contribution in [1.29, 1.82) is 0 Å². The lowest BCUT2D eigenvalue weighted by Crippen LogP contribution is -2.48. The molecular formula is C18H22FNO5S. The molecule has 26 heavy (non-hydrogen) atoms. The lowest BCUT2D eigenvalue weighted by molar-refractivity contribution is 0.140. The maximum Gasteiger partial charge on any atom is 0.295 e. The van der Waals surface area contributed by atoms with E-state index in [1.54, 1.807) is 12.3 Å². The Morgan fingerprint density at radius 1 is 1.35 bits per heavy atom. The van der Waals surface area contributed by atoms with E-state index < -0.39 is 21.9 Å². The van der Waals surface area contributed by atoms with Crippen LogP contribution in [0.4, 0.5) is 4.39 Å². The zero-order valence-electron chi connectivity index (χ0n) is 14.6. The molecule has 0 radical (unpaired) electrons. The highest BCUT2D eigenvalue weighted by atomic mass is 32.2. The van der Waals surface area contributed by atoms with Gasteiger partial charge in [0.05, 0.1) is 12.6 Å². The van der Waals surface area contributed by atoms with Crippen LogP contribution in [0.5, 0.6) is 5.75 Å². The second-order valence-electron chi connectivity index (χ2n) is 7.94. The first kappa shape index (κ1) is 17.8. The predicted molar refractivity (Wildman–Crippen MR) is 93.3 cm³/mol. The number of rotatable bonds is 4. The van der Waals surface area contributed by atoms with Crippen molar-refractivity contribution < 1.29 is 27.2 Å². The van der Waals surface area contributed by atoms with Gasteiger partial charge in [0.25, 0.3) is 10.1 Å². The molecule has 2 aliphatic heterocycles. The second-order valence-corrected chi connectivity index (χ2v) is 9.33. The van der Waals surface area contributed by atoms with Crippen molar-refractivity contribution in [2.24, 2.45) is 5.92 Å². The molecule has 1 saturated carbocycles. The molecule has 3 aliphatic rings. The summed E-state index contributed by atoms with van der Waals surface area (Å²) in [7, 11) is -4.48. The molecule has 6 nitrogen and oxygen atoms in total. The van der Waals surface area contributed by atoms with E-state index in [1.807, 2.05) is 4.90 Å². The minimum Gasteiger partial charge on any atom is -0.489 e. The number of aliphatic hydroxyl groups excluding tert-OH is 1. The van der Waals surface area contributed by atoms with Crippen LogP contribution < -0.4 is 15.2 Å². The number of fused-ring (bicyclic) bond motifs is 3. The molecule has 0 aromatic heterocycles. The van der Waals surface area contributed by atoms with Crippen LogP contribution in [0.2, 0.25) is 0 Å². The summed E-state index contributed by atoms with van der Waals surface area (Å²) in [6.45, 7) is 3.17. The van der Waals surface area contributed by atoms with Gasteiger partial charge in [-0.3, -0.25) is 4.55 Å². The minimum absolute atomic E-state index is 0.0190. The highest BCUT2D eigenvalue weighted by molar-refractivity contribution is 7.85. The van der Waals surface area contributed by atoms with Gasteiger partial charge in [-0.25, -0.2) is 4.39 Å². The summed E-state index contributed by atoms with van der Waals surface area (Å²) >= 11 is 0. The molecule has 142 valence electrons. The monoisotopic (exact) mass is 383 g/mol. The smallest absolute Gasteiger partial charge is 0.295 e. The van der Waals surface area contributed by atoms with Gasteiger partial charge < -0.3 is 14.7 Å². The van der Waals surface area contributed by atoms with E-state index in [2.05, 4.69) is 0 Å². The zero-order chi connectivity index (χ0) is 18.9. The highest BCUT2D eigenvalue weighted by Crippen LogP contribution is 2.38. The summed E-state index contributed by atoms with van der Waals surface area (Å²) in [4.78, 5) is 1.64. The van der Waals surface area contributed by atoms with Gasteiger partial charge in [0.1, 0.15) is 29.0 Å². The number of hydrogen-bond donors (Lipinski definition) is 2. The fourth-order valence-corrected chi connectivity index (χ4v) is 4.55. The van der Waals surface area contributed by atoms with E-state index in [-0.39, 0.29) is 24.1 Å². The Labute approximate surface area is 151 Å². The van der Waals surface area contributed by atoms with E-state index in [0.29, 0.717) is 27.7 Å². The van der Waals surface area contributed by atoms with Crippen LogP contribution in [0, 0.1) is 5.92 Å². The van der Waals surface area contributed by atoms with Crippen LogP contribution in [0.1, 0.15) is 38.4 Å². The van der Waals surface area contributed by atoms with E-state index >= 15 is 0 Å². The average molecular weight is 383 g/mol. The van der Waals surface area contributed by atoms with E-state index in [9.17, 15) is 22.5 Å². The Bertz CT molecular complexity index is 978. The SMILES string of the molecule is CC(C)(F)CN1C=c2c3c(cc(S(=O)(=O)O)c2=CC1C1CC1)C(O)CO3. The van der Waals surface area contributed by atoms with Crippen LogP contribution >= 0.6 is 0 Å². The Balaban J connectivity index is 1.99. The third-order valence-corrected chi connectivity index (χ3v) is 5.94. The molecule has 2 atom stereocenters. The Morgan fingerprint density at radius 3 is 2.62 bits per heavy atom. The first-order valence-electron chi connectivity index (χ1n) is 8.68. The van der Waals surface area contributed by atoms with Crippen molar-refractivity contribution in [2.45, 2.75) is 49.4 Å². The number of hydrogen-bond acceptors (Lipinski definition) is 5. The fraction of sp³-hybridized carbons (Fsp3) is 0.556. The van der Waals surface area contributed by atoms with Gasteiger partial charge in [-0.1, -0.05) is 6.08 Å². The number of aliphatic hydroxyl groups is 1. The summed E-state index contributed by atoms with van der Waals surface area (Å²) in [5.41, 5.74) is -1.11. The van der Waals surface area contributed by atoms with Crippen LogP contribution in [0.3, 0.4) is 0 Å². The van der Waals surface area contributed by atoms with Gasteiger partial charge in [0.15, 0.2) is 0 Å². The summed E-state index contributed by atoms with van der Waals surface area (Å²) in [6.07, 6.45) is 4.53. The van der Waals surface area contributed by atoms with Crippen molar-refractivity contribution in [3.05, 3.63) is 22.1 Å². The molecule has 4 rings (SSSR count). The molecule has 8 heteroatoms. The zero-order valence-corrected chi connectivity index (χ0v) is 15.5. The Kier molecular flexibility index (Phi) is 3.88. The minimum atomic E-state index is -4.48. The summed E-state index contributed by atoms with van der Waals surface area (Å²) in [6, 6.07) is 1.15. The molecule has 0 bridgehead atoms. The van der Waals surface area contributed by atoms with Crippen LogP contribution in [-0.2, 0) is 10.1 Å². The molecule has 2 unspecified atom stereocenters. The molecule has 1 aromatic carbocycles. The second kappa shape index (κ2) is 5.68. The van der Waals surface area contributed by atoms with Crippen molar-refractivity contribution in [2.75, 3.05) is 13.2 Å². The molecule has 2 N–H and O–H groups in total. The van der Waals surface area contributed by atoms with Crippen LogP contribution in [-0.4, -0.2) is 47.8 Å². The van der Waals surface area contributed by atoms with Gasteiger partial charge in [-0.15, -0.1) is 0 Å². The van der Waals surface area contributed by atoms with Crippen LogP contribution in [0.25, 0.3) is 12.3 Å². The maximum absolute atomic E-state index is 14.3. The average Bonchev–Trinajstić information content (AvgIpc) is 3.27. The molecule has 1 aromatic rings.